The number of rotatable bonds is 6. The van der Waals surface area contributed by atoms with Crippen molar-refractivity contribution in [3.8, 4) is 0 Å². The number of benzene rings is 1. The molecular formula is C21H25FN6OS. The summed E-state index contributed by atoms with van der Waals surface area (Å²) in [5.74, 6) is 0.234. The number of halogens is 1. The summed E-state index contributed by atoms with van der Waals surface area (Å²) < 4.78 is 15.3. The summed E-state index contributed by atoms with van der Waals surface area (Å²) in [5.41, 5.74) is 0.748. The molecular weight excluding hydrogens is 403 g/mol. The zero-order valence-corrected chi connectivity index (χ0v) is 17.8. The molecule has 7 nitrogen and oxygen atoms in total. The fourth-order valence-electron chi connectivity index (χ4n) is 3.87. The van der Waals surface area contributed by atoms with E-state index in [1.807, 2.05) is 11.0 Å². The van der Waals surface area contributed by atoms with E-state index in [1.54, 1.807) is 29.0 Å². The van der Waals surface area contributed by atoms with Gasteiger partial charge in [-0.1, -0.05) is 18.2 Å². The van der Waals surface area contributed by atoms with Crippen LogP contribution in [0.15, 0.2) is 41.8 Å². The Balaban J connectivity index is 1.49. The Morgan fingerprint density at radius 2 is 2.10 bits per heavy atom. The molecule has 1 unspecified atom stereocenters. The number of amides is 1. The van der Waals surface area contributed by atoms with Gasteiger partial charge in [0, 0.05) is 44.0 Å². The van der Waals surface area contributed by atoms with Crippen LogP contribution < -0.4 is 0 Å². The van der Waals surface area contributed by atoms with Crippen LogP contribution in [0.4, 0.5) is 4.39 Å². The summed E-state index contributed by atoms with van der Waals surface area (Å²) >= 11 is 1.76. The Labute approximate surface area is 179 Å². The first kappa shape index (κ1) is 20.6. The minimum atomic E-state index is -0.592. The minimum Gasteiger partial charge on any atom is -0.339 e. The monoisotopic (exact) mass is 428 g/mol. The molecule has 158 valence electrons. The molecule has 0 bridgehead atoms. The largest absolute Gasteiger partial charge is 0.339 e. The number of hydrogen-bond acceptors (Lipinski definition) is 6. The van der Waals surface area contributed by atoms with Crippen LogP contribution in [0.5, 0.6) is 0 Å². The second-order valence-corrected chi connectivity index (χ2v) is 8.59. The zero-order valence-electron chi connectivity index (χ0n) is 16.9. The highest BCUT2D eigenvalue weighted by molar-refractivity contribution is 7.09. The van der Waals surface area contributed by atoms with E-state index >= 15 is 0 Å². The van der Waals surface area contributed by atoms with Crippen LogP contribution in [0.2, 0.25) is 0 Å². The van der Waals surface area contributed by atoms with Crippen molar-refractivity contribution in [1.29, 1.82) is 0 Å². The third-order valence-electron chi connectivity index (χ3n) is 5.42. The number of aryl methyl sites for hydroxylation is 1. The van der Waals surface area contributed by atoms with Crippen LogP contribution in [0.3, 0.4) is 0 Å². The summed E-state index contributed by atoms with van der Waals surface area (Å²) in [6, 6.07) is 9.98. The summed E-state index contributed by atoms with van der Waals surface area (Å²) in [6.45, 7) is 5.83. The predicted octanol–water partition coefficient (Wildman–Crippen LogP) is 2.70. The number of hydrogen-bond donors (Lipinski definition) is 0. The van der Waals surface area contributed by atoms with Gasteiger partial charge in [0.2, 0.25) is 5.91 Å². The maximum absolute atomic E-state index is 13.7. The molecule has 2 aromatic heterocycles. The normalized spacial score (nSPS) is 16.4. The predicted molar refractivity (Wildman–Crippen MR) is 112 cm³/mol. The third-order valence-corrected chi connectivity index (χ3v) is 6.28. The number of carbonyl (C=O) groups excluding carboxylic acids is 1. The molecule has 3 heterocycles. The molecule has 0 saturated carbocycles. The van der Waals surface area contributed by atoms with Gasteiger partial charge in [-0.3, -0.25) is 9.69 Å². The molecule has 0 radical (unpaired) electrons. The molecule has 1 amide bonds. The van der Waals surface area contributed by atoms with Crippen LogP contribution in [0, 0.1) is 12.7 Å². The van der Waals surface area contributed by atoms with Crippen molar-refractivity contribution in [3.05, 3.63) is 63.9 Å². The van der Waals surface area contributed by atoms with Crippen molar-refractivity contribution >= 4 is 17.2 Å². The van der Waals surface area contributed by atoms with Gasteiger partial charge in [-0.15, -0.1) is 16.4 Å². The second kappa shape index (κ2) is 9.44. The average molecular weight is 429 g/mol. The van der Waals surface area contributed by atoms with Crippen LogP contribution in [0.1, 0.15) is 28.7 Å². The van der Waals surface area contributed by atoms with Gasteiger partial charge in [0.25, 0.3) is 0 Å². The van der Waals surface area contributed by atoms with Crippen molar-refractivity contribution in [1.82, 2.24) is 30.0 Å². The van der Waals surface area contributed by atoms with E-state index < -0.39 is 6.04 Å². The highest BCUT2D eigenvalue weighted by Gasteiger charge is 2.30. The molecule has 4 rings (SSSR count). The summed E-state index contributed by atoms with van der Waals surface area (Å²) in [5, 5.41) is 13.8. The fraction of sp³-hybridized carbons (Fsp3) is 0.429. The van der Waals surface area contributed by atoms with E-state index in [-0.39, 0.29) is 11.7 Å². The Kier molecular flexibility index (Phi) is 6.49. The lowest BCUT2D eigenvalue weighted by molar-refractivity contribution is -0.135. The first-order valence-electron chi connectivity index (χ1n) is 10.1. The van der Waals surface area contributed by atoms with Crippen molar-refractivity contribution < 1.29 is 9.18 Å². The molecule has 0 N–H and O–H groups in total. The molecule has 0 aliphatic carbocycles. The number of aromatic nitrogens is 4. The zero-order chi connectivity index (χ0) is 20.9. The molecule has 1 saturated heterocycles. The van der Waals surface area contributed by atoms with E-state index in [0.717, 1.165) is 31.6 Å². The molecule has 1 aliphatic rings. The summed E-state index contributed by atoms with van der Waals surface area (Å²) in [7, 11) is 0. The Bertz CT molecular complexity index is 976. The standard InChI is InChI=1S/C21H25FN6OS/c1-16-23-24-25-28(16)20(14-17-5-2-6-18(22)13-17)21(29)27-9-4-8-26(10-11-27)15-19-7-3-12-30-19/h2-3,5-7,12-13,20H,4,8-11,14-15H2,1H3. The van der Waals surface area contributed by atoms with Crippen LogP contribution in [0.25, 0.3) is 0 Å². The maximum atomic E-state index is 13.7. The topological polar surface area (TPSA) is 67.2 Å². The third kappa shape index (κ3) is 4.91. The van der Waals surface area contributed by atoms with Gasteiger partial charge < -0.3 is 4.90 Å². The Morgan fingerprint density at radius 3 is 2.83 bits per heavy atom. The van der Waals surface area contributed by atoms with Crippen molar-refractivity contribution in [2.75, 3.05) is 26.2 Å². The quantitative estimate of drug-likeness (QED) is 0.604. The highest BCUT2D eigenvalue weighted by atomic mass is 32.1. The SMILES string of the molecule is Cc1nnnn1C(Cc1cccc(F)c1)C(=O)N1CCCN(Cc2cccs2)CC1. The first-order chi connectivity index (χ1) is 14.6. The van der Waals surface area contributed by atoms with E-state index in [0.29, 0.717) is 25.3 Å². The molecule has 0 spiro atoms. The first-order valence-corrected chi connectivity index (χ1v) is 11.0. The molecule has 30 heavy (non-hydrogen) atoms. The summed E-state index contributed by atoms with van der Waals surface area (Å²) in [4.78, 5) is 19.1. The van der Waals surface area contributed by atoms with Crippen LogP contribution >= 0.6 is 11.3 Å². The molecule has 1 aromatic carbocycles. The highest BCUT2D eigenvalue weighted by Crippen LogP contribution is 2.20. The van der Waals surface area contributed by atoms with Crippen LogP contribution in [-0.2, 0) is 17.8 Å². The van der Waals surface area contributed by atoms with Gasteiger partial charge in [-0.25, -0.2) is 9.07 Å². The molecule has 9 heteroatoms. The average Bonchev–Trinajstić information content (AvgIpc) is 3.33. The molecule has 1 aliphatic heterocycles. The van der Waals surface area contributed by atoms with Crippen molar-refractivity contribution in [2.45, 2.75) is 32.4 Å². The Morgan fingerprint density at radius 1 is 1.20 bits per heavy atom. The maximum Gasteiger partial charge on any atom is 0.247 e. The number of tetrazole rings is 1. The lowest BCUT2D eigenvalue weighted by Crippen LogP contribution is -2.41. The van der Waals surface area contributed by atoms with Gasteiger partial charge in [0.15, 0.2) is 0 Å². The lowest BCUT2D eigenvalue weighted by Gasteiger charge is -2.26. The smallest absolute Gasteiger partial charge is 0.247 e. The summed E-state index contributed by atoms with van der Waals surface area (Å²) in [6.07, 6.45) is 1.26. The van der Waals surface area contributed by atoms with Gasteiger partial charge in [0.1, 0.15) is 17.7 Å². The van der Waals surface area contributed by atoms with E-state index in [1.165, 1.54) is 17.0 Å². The fourth-order valence-corrected chi connectivity index (χ4v) is 4.62. The van der Waals surface area contributed by atoms with Crippen molar-refractivity contribution in [2.24, 2.45) is 0 Å². The van der Waals surface area contributed by atoms with Gasteiger partial charge in [-0.05, 0) is 52.9 Å². The van der Waals surface area contributed by atoms with E-state index in [4.69, 9.17) is 0 Å². The molecule has 1 fully saturated rings. The van der Waals surface area contributed by atoms with Crippen LogP contribution in [-0.4, -0.2) is 62.1 Å². The van der Waals surface area contributed by atoms with E-state index in [2.05, 4.69) is 37.9 Å². The van der Waals surface area contributed by atoms with Gasteiger partial charge in [-0.2, -0.15) is 0 Å². The molecule has 3 aromatic rings. The lowest BCUT2D eigenvalue weighted by atomic mass is 10.0. The van der Waals surface area contributed by atoms with Crippen molar-refractivity contribution in [3.63, 3.8) is 0 Å². The number of nitrogens with zero attached hydrogens (tertiary/aromatic N) is 6. The second-order valence-electron chi connectivity index (χ2n) is 7.55. The number of thiophene rings is 1. The van der Waals surface area contributed by atoms with E-state index in [9.17, 15) is 9.18 Å². The van der Waals surface area contributed by atoms with Gasteiger partial charge in [0.05, 0.1) is 0 Å². The molecule has 1 atom stereocenters. The number of carbonyl (C=O) groups is 1. The van der Waals surface area contributed by atoms with Gasteiger partial charge >= 0.3 is 0 Å². The minimum absolute atomic E-state index is 0.0207. The Hall–Kier alpha value is -2.65.